The lowest BCUT2D eigenvalue weighted by atomic mass is 10.0. The molecule has 0 fully saturated rings. The van der Waals surface area contributed by atoms with E-state index in [9.17, 15) is 4.79 Å². The van der Waals surface area contributed by atoms with Crippen LogP contribution >= 0.6 is 0 Å². The summed E-state index contributed by atoms with van der Waals surface area (Å²) in [6, 6.07) is 4.01. The third-order valence-corrected chi connectivity index (χ3v) is 2.79. The first-order chi connectivity index (χ1) is 8.10. The van der Waals surface area contributed by atoms with Crippen molar-refractivity contribution in [3.05, 3.63) is 28.8 Å². The predicted octanol–water partition coefficient (Wildman–Crippen LogP) is 2.21. The van der Waals surface area contributed by atoms with Crippen LogP contribution in [0.5, 0.6) is 0 Å². The maximum Gasteiger partial charge on any atom is 0.320 e. The molecule has 0 spiro atoms. The van der Waals surface area contributed by atoms with E-state index in [2.05, 4.69) is 41.6 Å². The van der Waals surface area contributed by atoms with Gasteiger partial charge in [-0.05, 0) is 43.5 Å². The topological polar surface area (TPSA) is 53.5 Å². The molecule has 0 bridgehead atoms. The summed E-state index contributed by atoms with van der Waals surface area (Å²) in [5.74, 6) is 0.722. The minimum Gasteiger partial charge on any atom is -0.338 e. The molecular weight excluding hydrogens is 214 g/mol. The van der Waals surface area contributed by atoms with Crippen LogP contribution in [0.3, 0.4) is 0 Å². The molecule has 1 aliphatic heterocycles. The van der Waals surface area contributed by atoms with Crippen molar-refractivity contribution in [3.63, 3.8) is 0 Å². The maximum absolute atomic E-state index is 11.4. The lowest BCUT2D eigenvalue weighted by molar-refractivity contribution is 0.245. The van der Waals surface area contributed by atoms with Gasteiger partial charge >= 0.3 is 6.03 Å². The second-order valence-corrected chi connectivity index (χ2v) is 4.30. The standard InChI is InChI=1S/C13H17N3O/c1-4-14-13(17)16-12-7-10-9(3)5-8(2)6-11(10)15-12/h5-6H,4,7H2,1-3H3,(H2,14,15,16,17). The number of hydrogen-bond acceptors (Lipinski definition) is 2. The van der Waals surface area contributed by atoms with Crippen molar-refractivity contribution >= 4 is 17.6 Å². The van der Waals surface area contributed by atoms with Crippen molar-refractivity contribution in [1.82, 2.24) is 10.6 Å². The molecule has 0 aliphatic carbocycles. The first-order valence-electron chi connectivity index (χ1n) is 5.82. The lowest BCUT2D eigenvalue weighted by Gasteiger charge is -2.05. The van der Waals surface area contributed by atoms with E-state index in [1.807, 2.05) is 6.92 Å². The second kappa shape index (κ2) is 4.57. The fourth-order valence-corrected chi connectivity index (χ4v) is 2.07. The zero-order chi connectivity index (χ0) is 12.4. The molecule has 0 unspecified atom stereocenters. The number of rotatable bonds is 1. The lowest BCUT2D eigenvalue weighted by Crippen LogP contribution is -2.39. The Morgan fingerprint density at radius 2 is 2.18 bits per heavy atom. The number of carbonyl (C=O) groups is 1. The summed E-state index contributed by atoms with van der Waals surface area (Å²) >= 11 is 0. The van der Waals surface area contributed by atoms with Crippen LogP contribution in [0.1, 0.15) is 23.6 Å². The summed E-state index contributed by atoms with van der Waals surface area (Å²) in [6.07, 6.45) is 0.707. The molecule has 2 N–H and O–H groups in total. The molecule has 0 radical (unpaired) electrons. The first kappa shape index (κ1) is 11.6. The number of nitrogens with zero attached hydrogens (tertiary/aromatic N) is 1. The normalized spacial score (nSPS) is 13.0. The van der Waals surface area contributed by atoms with Crippen LogP contribution in [0.25, 0.3) is 0 Å². The third kappa shape index (κ3) is 2.46. The number of amides is 2. The Kier molecular flexibility index (Phi) is 3.13. The molecule has 4 nitrogen and oxygen atoms in total. The molecule has 17 heavy (non-hydrogen) atoms. The summed E-state index contributed by atoms with van der Waals surface area (Å²) in [4.78, 5) is 15.8. The van der Waals surface area contributed by atoms with Gasteiger partial charge in [-0.3, -0.25) is 5.32 Å². The Morgan fingerprint density at radius 3 is 2.88 bits per heavy atom. The van der Waals surface area contributed by atoms with E-state index < -0.39 is 0 Å². The number of urea groups is 1. The molecule has 1 heterocycles. The Morgan fingerprint density at radius 1 is 1.41 bits per heavy atom. The van der Waals surface area contributed by atoms with E-state index in [-0.39, 0.29) is 6.03 Å². The van der Waals surface area contributed by atoms with Crippen molar-refractivity contribution in [3.8, 4) is 0 Å². The predicted molar refractivity (Wildman–Crippen MR) is 68.9 cm³/mol. The monoisotopic (exact) mass is 231 g/mol. The minimum absolute atomic E-state index is 0.187. The van der Waals surface area contributed by atoms with Crippen molar-refractivity contribution in [2.45, 2.75) is 27.2 Å². The number of amidine groups is 1. The second-order valence-electron chi connectivity index (χ2n) is 4.30. The van der Waals surface area contributed by atoms with Crippen LogP contribution in [-0.4, -0.2) is 18.4 Å². The highest BCUT2D eigenvalue weighted by atomic mass is 16.2. The van der Waals surface area contributed by atoms with Gasteiger partial charge in [0.25, 0.3) is 0 Å². The molecule has 0 atom stereocenters. The number of aliphatic imine (C=N–C) groups is 1. The van der Waals surface area contributed by atoms with Gasteiger partial charge in [-0.1, -0.05) is 6.07 Å². The van der Waals surface area contributed by atoms with E-state index in [0.717, 1.165) is 11.5 Å². The van der Waals surface area contributed by atoms with Crippen LogP contribution in [0, 0.1) is 13.8 Å². The van der Waals surface area contributed by atoms with Crippen LogP contribution in [0.2, 0.25) is 0 Å². The molecule has 4 heteroatoms. The van der Waals surface area contributed by atoms with Crippen molar-refractivity contribution in [2.75, 3.05) is 6.54 Å². The van der Waals surface area contributed by atoms with Crippen molar-refractivity contribution in [2.24, 2.45) is 4.99 Å². The van der Waals surface area contributed by atoms with E-state index in [1.165, 1.54) is 16.7 Å². The van der Waals surface area contributed by atoms with Crippen LogP contribution in [-0.2, 0) is 6.42 Å². The van der Waals surface area contributed by atoms with Crippen molar-refractivity contribution < 1.29 is 4.79 Å². The first-order valence-corrected chi connectivity index (χ1v) is 5.82. The smallest absolute Gasteiger partial charge is 0.320 e. The fraction of sp³-hybridized carbons (Fsp3) is 0.385. The third-order valence-electron chi connectivity index (χ3n) is 2.79. The van der Waals surface area contributed by atoms with E-state index in [1.54, 1.807) is 0 Å². The Hall–Kier alpha value is -1.84. The summed E-state index contributed by atoms with van der Waals surface area (Å²) < 4.78 is 0. The minimum atomic E-state index is -0.187. The maximum atomic E-state index is 11.4. The van der Waals surface area contributed by atoms with E-state index in [4.69, 9.17) is 0 Å². The summed E-state index contributed by atoms with van der Waals surface area (Å²) in [5.41, 5.74) is 4.62. The quantitative estimate of drug-likeness (QED) is 0.765. The van der Waals surface area contributed by atoms with Gasteiger partial charge in [-0.15, -0.1) is 0 Å². The fourth-order valence-electron chi connectivity index (χ4n) is 2.07. The number of fused-ring (bicyclic) bond motifs is 1. The number of nitrogens with one attached hydrogen (secondary N) is 2. The summed E-state index contributed by atoms with van der Waals surface area (Å²) in [6.45, 7) is 6.64. The molecule has 1 aliphatic rings. The Balaban J connectivity index is 2.15. The SMILES string of the molecule is CCNC(=O)NC1=Nc2cc(C)cc(C)c2C1. The Bertz CT molecular complexity index is 492. The zero-order valence-electron chi connectivity index (χ0n) is 10.4. The van der Waals surface area contributed by atoms with Gasteiger partial charge in [0.1, 0.15) is 5.84 Å². The van der Waals surface area contributed by atoms with Gasteiger partial charge in [0, 0.05) is 13.0 Å². The van der Waals surface area contributed by atoms with E-state index in [0.29, 0.717) is 13.0 Å². The van der Waals surface area contributed by atoms with Crippen LogP contribution < -0.4 is 10.6 Å². The van der Waals surface area contributed by atoms with Crippen LogP contribution in [0.4, 0.5) is 10.5 Å². The Labute approximate surface area is 101 Å². The van der Waals surface area contributed by atoms with Gasteiger partial charge < -0.3 is 5.32 Å². The summed E-state index contributed by atoms with van der Waals surface area (Å²) in [5, 5.41) is 5.47. The van der Waals surface area contributed by atoms with Gasteiger partial charge in [-0.2, -0.15) is 0 Å². The van der Waals surface area contributed by atoms with Crippen LogP contribution in [0.15, 0.2) is 17.1 Å². The average Bonchev–Trinajstić information content (AvgIpc) is 2.60. The molecular formula is C13H17N3O. The molecule has 2 rings (SSSR count). The zero-order valence-corrected chi connectivity index (χ0v) is 10.4. The molecule has 0 saturated carbocycles. The number of benzene rings is 1. The largest absolute Gasteiger partial charge is 0.338 e. The highest BCUT2D eigenvalue weighted by Crippen LogP contribution is 2.30. The van der Waals surface area contributed by atoms with Gasteiger partial charge in [-0.25, -0.2) is 9.79 Å². The average molecular weight is 231 g/mol. The van der Waals surface area contributed by atoms with Gasteiger partial charge in [0.2, 0.25) is 0 Å². The molecule has 2 amide bonds. The number of aryl methyl sites for hydroxylation is 2. The molecule has 0 aromatic heterocycles. The van der Waals surface area contributed by atoms with E-state index >= 15 is 0 Å². The molecule has 1 aromatic rings. The number of carbonyl (C=O) groups excluding carboxylic acids is 1. The number of hydrogen-bond donors (Lipinski definition) is 2. The molecule has 0 saturated heterocycles. The van der Waals surface area contributed by atoms with Crippen molar-refractivity contribution in [1.29, 1.82) is 0 Å². The summed E-state index contributed by atoms with van der Waals surface area (Å²) in [7, 11) is 0. The molecule has 1 aromatic carbocycles. The van der Waals surface area contributed by atoms with Gasteiger partial charge in [0.15, 0.2) is 0 Å². The highest BCUT2D eigenvalue weighted by Gasteiger charge is 2.18. The van der Waals surface area contributed by atoms with Gasteiger partial charge in [0.05, 0.1) is 5.69 Å². The highest BCUT2D eigenvalue weighted by molar-refractivity contribution is 6.02. The molecule has 90 valence electrons.